The number of alkyl halides is 7. The molecule has 1 aromatic heterocycles. The van der Waals surface area contributed by atoms with Crippen molar-refractivity contribution in [2.75, 3.05) is 0 Å². The molecule has 1 saturated carbocycles. The molecule has 2 N–H and O–H groups in total. The average Bonchev–Trinajstić information content (AvgIpc) is 3.17. The number of primary amides is 1. The zero-order valence-electron chi connectivity index (χ0n) is 17.5. The number of carbonyl (C=O) groups is 1. The highest BCUT2D eigenvalue weighted by Crippen LogP contribution is 2.56. The molecule has 1 amide bonds. The molecular weight excluding hydrogens is 562 g/mol. The number of hydrogen-bond donors (Lipinski definition) is 1. The SMILES string of the molecule is N#CC1(N2C(C(N)=O)=CSC2c2cnn(-c3c(Cl)cc(C(F)(C(F)(F)F)C(F)(F)F)cc3Cl)c2)CC1. The number of hydrogen-bond acceptors (Lipinski definition) is 5. The third-order valence-electron chi connectivity index (χ3n) is 5.76. The molecule has 36 heavy (non-hydrogen) atoms. The van der Waals surface area contributed by atoms with E-state index in [-0.39, 0.29) is 23.5 Å². The second-order valence-corrected chi connectivity index (χ2v) is 9.80. The fraction of sp³-hybridized carbons (Fsp3) is 0.350. The standard InChI is InChI=1S/C20H12Cl2F7N5OS/c21-11-3-10(18(23,19(24,25)26)20(27,28)29)4-12(22)14(11)33-6-9(5-32-33)16-34(17(8-30)1-2-17)13(7-36-16)15(31)35/h3-7,16H,1-2H2,(H2,31,35). The van der Waals surface area contributed by atoms with Gasteiger partial charge < -0.3 is 10.6 Å². The van der Waals surface area contributed by atoms with Crippen molar-refractivity contribution < 1.29 is 35.5 Å². The molecule has 4 rings (SSSR count). The topological polar surface area (TPSA) is 87.9 Å². The van der Waals surface area contributed by atoms with Crippen LogP contribution in [-0.4, -0.2) is 38.5 Å². The first kappa shape index (κ1) is 26.4. The number of aromatic nitrogens is 2. The van der Waals surface area contributed by atoms with Crippen molar-refractivity contribution in [3.8, 4) is 11.8 Å². The van der Waals surface area contributed by atoms with Crippen molar-refractivity contribution in [2.45, 2.75) is 41.8 Å². The van der Waals surface area contributed by atoms with Gasteiger partial charge in [-0.1, -0.05) is 23.2 Å². The Morgan fingerprint density at radius 3 is 2.14 bits per heavy atom. The maximum Gasteiger partial charge on any atom is 0.435 e. The molecule has 1 atom stereocenters. The second kappa shape index (κ2) is 8.46. The lowest BCUT2D eigenvalue weighted by Gasteiger charge is -2.31. The number of nitrogens with zero attached hydrogens (tertiary/aromatic N) is 4. The Labute approximate surface area is 212 Å². The van der Waals surface area contributed by atoms with Crippen molar-refractivity contribution >= 4 is 40.9 Å². The van der Waals surface area contributed by atoms with E-state index >= 15 is 0 Å². The first-order valence-electron chi connectivity index (χ1n) is 9.80. The zero-order chi connectivity index (χ0) is 26.8. The average molecular weight is 574 g/mol. The maximum atomic E-state index is 14.5. The van der Waals surface area contributed by atoms with Crippen LogP contribution in [-0.2, 0) is 10.5 Å². The van der Waals surface area contributed by atoms with E-state index < -0.39 is 50.5 Å². The first-order valence-corrected chi connectivity index (χ1v) is 11.5. The van der Waals surface area contributed by atoms with Crippen LogP contribution in [0.3, 0.4) is 0 Å². The van der Waals surface area contributed by atoms with Crippen LogP contribution < -0.4 is 5.73 Å². The maximum absolute atomic E-state index is 14.5. The molecule has 6 nitrogen and oxygen atoms in total. The predicted molar refractivity (Wildman–Crippen MR) is 116 cm³/mol. The van der Waals surface area contributed by atoms with Crippen LogP contribution >= 0.6 is 35.0 Å². The summed E-state index contributed by atoms with van der Waals surface area (Å²) in [6, 6.07) is 2.52. The number of rotatable bonds is 5. The Kier molecular flexibility index (Phi) is 6.21. The number of thioether (sulfide) groups is 1. The summed E-state index contributed by atoms with van der Waals surface area (Å²) in [6.07, 6.45) is -9.12. The van der Waals surface area contributed by atoms with Gasteiger partial charge in [0.15, 0.2) is 0 Å². The van der Waals surface area contributed by atoms with E-state index in [4.69, 9.17) is 28.9 Å². The lowest BCUT2D eigenvalue weighted by Crippen LogP contribution is -2.50. The van der Waals surface area contributed by atoms with E-state index in [1.165, 1.54) is 22.7 Å². The Morgan fingerprint density at radius 2 is 1.69 bits per heavy atom. The van der Waals surface area contributed by atoms with Crippen molar-refractivity contribution in [1.82, 2.24) is 14.7 Å². The van der Waals surface area contributed by atoms with Crippen molar-refractivity contribution in [3.63, 3.8) is 0 Å². The lowest BCUT2D eigenvalue weighted by atomic mass is 9.94. The molecule has 1 unspecified atom stereocenters. The molecule has 0 saturated heterocycles. The van der Waals surface area contributed by atoms with Gasteiger partial charge in [-0.25, -0.2) is 9.07 Å². The van der Waals surface area contributed by atoms with E-state index in [9.17, 15) is 40.8 Å². The number of benzene rings is 1. The molecule has 1 aliphatic carbocycles. The Morgan fingerprint density at radius 1 is 1.14 bits per heavy atom. The summed E-state index contributed by atoms with van der Waals surface area (Å²) in [5.41, 5.74) is -2.88. The highest BCUT2D eigenvalue weighted by Gasteiger charge is 2.73. The molecule has 1 aliphatic heterocycles. The second-order valence-electron chi connectivity index (χ2n) is 8.03. The molecule has 0 radical (unpaired) electrons. The van der Waals surface area contributed by atoms with E-state index in [0.29, 0.717) is 18.4 Å². The molecule has 2 aliphatic rings. The molecule has 0 spiro atoms. The Balaban J connectivity index is 1.73. The monoisotopic (exact) mass is 573 g/mol. The van der Waals surface area contributed by atoms with E-state index in [0.717, 1.165) is 16.4 Å². The number of nitriles is 1. The summed E-state index contributed by atoms with van der Waals surface area (Å²) in [6.45, 7) is 0. The van der Waals surface area contributed by atoms with Crippen molar-refractivity contribution in [2.24, 2.45) is 5.73 Å². The van der Waals surface area contributed by atoms with Gasteiger partial charge in [0.25, 0.3) is 5.91 Å². The van der Waals surface area contributed by atoms with Gasteiger partial charge >= 0.3 is 18.0 Å². The van der Waals surface area contributed by atoms with Crippen LogP contribution in [0, 0.1) is 11.3 Å². The molecule has 2 aromatic rings. The van der Waals surface area contributed by atoms with Gasteiger partial charge in [-0.2, -0.15) is 36.7 Å². The van der Waals surface area contributed by atoms with Gasteiger partial charge in [0.2, 0.25) is 0 Å². The summed E-state index contributed by atoms with van der Waals surface area (Å²) >= 11 is 13.1. The van der Waals surface area contributed by atoms with Gasteiger partial charge in [0, 0.05) is 22.7 Å². The first-order chi connectivity index (χ1) is 16.6. The quantitative estimate of drug-likeness (QED) is 0.450. The van der Waals surface area contributed by atoms with Crippen LogP contribution in [0.15, 0.2) is 35.6 Å². The number of carbonyl (C=O) groups excluding carboxylic acids is 1. The lowest BCUT2D eigenvalue weighted by molar-refractivity contribution is -0.348. The molecule has 2 heterocycles. The van der Waals surface area contributed by atoms with Crippen LogP contribution in [0.2, 0.25) is 10.0 Å². The summed E-state index contributed by atoms with van der Waals surface area (Å²) in [5.74, 6) is -0.760. The van der Waals surface area contributed by atoms with Crippen molar-refractivity contribution in [3.05, 3.63) is 56.8 Å². The fourth-order valence-corrected chi connectivity index (χ4v) is 5.68. The minimum Gasteiger partial charge on any atom is -0.364 e. The normalized spacial score (nSPS) is 19.7. The Hall–Kier alpha value is -2.63. The zero-order valence-corrected chi connectivity index (χ0v) is 19.8. The van der Waals surface area contributed by atoms with Gasteiger partial charge in [-0.05, 0) is 25.0 Å². The number of nitrogens with two attached hydrogens (primary N) is 1. The van der Waals surface area contributed by atoms with Crippen molar-refractivity contribution in [1.29, 1.82) is 5.26 Å². The summed E-state index contributed by atoms with van der Waals surface area (Å²) in [4.78, 5) is 13.4. The molecule has 0 bridgehead atoms. The van der Waals surface area contributed by atoms with Gasteiger partial charge in [0.05, 0.1) is 22.3 Å². The van der Waals surface area contributed by atoms with Crippen LogP contribution in [0.5, 0.6) is 0 Å². The summed E-state index contributed by atoms with van der Waals surface area (Å²) in [5, 5.41) is 13.0. The molecule has 16 heteroatoms. The van der Waals surface area contributed by atoms with Gasteiger partial charge in [0.1, 0.15) is 22.3 Å². The van der Waals surface area contributed by atoms with E-state index in [1.807, 2.05) is 0 Å². The fourth-order valence-electron chi connectivity index (χ4n) is 3.82. The molecule has 192 valence electrons. The number of halogens is 9. The van der Waals surface area contributed by atoms with E-state index in [1.54, 1.807) is 0 Å². The molecule has 1 aromatic carbocycles. The van der Waals surface area contributed by atoms with Gasteiger partial charge in [-0.3, -0.25) is 4.79 Å². The van der Waals surface area contributed by atoms with E-state index in [2.05, 4.69) is 11.2 Å². The highest BCUT2D eigenvalue weighted by molar-refractivity contribution is 8.02. The number of amides is 1. The Bertz CT molecular complexity index is 1280. The molecule has 1 fully saturated rings. The third-order valence-corrected chi connectivity index (χ3v) is 7.44. The summed E-state index contributed by atoms with van der Waals surface area (Å²) in [7, 11) is 0. The summed E-state index contributed by atoms with van der Waals surface area (Å²) < 4.78 is 94.3. The predicted octanol–water partition coefficient (Wildman–Crippen LogP) is 5.90. The minimum absolute atomic E-state index is 0.107. The smallest absolute Gasteiger partial charge is 0.364 e. The van der Waals surface area contributed by atoms with Crippen LogP contribution in [0.1, 0.15) is 29.3 Å². The minimum atomic E-state index is -6.34. The molecular formula is C20H12Cl2F7N5OS. The van der Waals surface area contributed by atoms with Gasteiger partial charge in [-0.15, -0.1) is 11.8 Å². The van der Waals surface area contributed by atoms with Crippen LogP contribution in [0.4, 0.5) is 30.7 Å². The highest BCUT2D eigenvalue weighted by atomic mass is 35.5. The van der Waals surface area contributed by atoms with Crippen LogP contribution in [0.25, 0.3) is 5.69 Å². The largest absolute Gasteiger partial charge is 0.435 e. The third kappa shape index (κ3) is 3.97.